The molecule has 0 fully saturated rings. The van der Waals surface area contributed by atoms with E-state index < -0.39 is 17.9 Å². The molecular formula is C9H6F2N2O2. The van der Waals surface area contributed by atoms with Gasteiger partial charge in [0.2, 0.25) is 5.78 Å². The molecule has 15 heavy (non-hydrogen) atoms. The number of ketones is 1. The first-order chi connectivity index (χ1) is 7.08. The number of H-pyrrole nitrogens is 2. The molecule has 0 atom stereocenters. The van der Waals surface area contributed by atoms with Crippen molar-refractivity contribution in [2.75, 3.05) is 0 Å². The lowest BCUT2D eigenvalue weighted by atomic mass is 10.1. The molecule has 1 heterocycles. The van der Waals surface area contributed by atoms with Crippen molar-refractivity contribution < 1.29 is 13.6 Å². The van der Waals surface area contributed by atoms with Gasteiger partial charge < -0.3 is 9.97 Å². The van der Waals surface area contributed by atoms with E-state index in [0.29, 0.717) is 11.0 Å². The summed E-state index contributed by atoms with van der Waals surface area (Å²) in [6, 6.07) is 3.88. The minimum atomic E-state index is -3.03. The van der Waals surface area contributed by atoms with Gasteiger partial charge in [-0.15, -0.1) is 0 Å². The lowest BCUT2D eigenvalue weighted by molar-refractivity contribution is 0.0679. The highest BCUT2D eigenvalue weighted by Gasteiger charge is 2.17. The molecule has 0 amide bonds. The van der Waals surface area contributed by atoms with Gasteiger partial charge in [0.05, 0.1) is 11.0 Å². The minimum Gasteiger partial charge on any atom is -0.306 e. The van der Waals surface area contributed by atoms with E-state index in [0.717, 1.165) is 0 Å². The lowest BCUT2D eigenvalue weighted by Crippen LogP contribution is -2.09. The summed E-state index contributed by atoms with van der Waals surface area (Å²) in [5, 5.41) is 0. The van der Waals surface area contributed by atoms with Crippen molar-refractivity contribution >= 4 is 16.8 Å². The third-order valence-corrected chi connectivity index (χ3v) is 2.00. The zero-order chi connectivity index (χ0) is 11.0. The lowest BCUT2D eigenvalue weighted by Gasteiger charge is -1.98. The Balaban J connectivity index is 2.55. The van der Waals surface area contributed by atoms with Crippen molar-refractivity contribution in [3.63, 3.8) is 0 Å². The van der Waals surface area contributed by atoms with E-state index in [2.05, 4.69) is 9.97 Å². The van der Waals surface area contributed by atoms with Gasteiger partial charge in [-0.2, -0.15) is 0 Å². The maximum Gasteiger partial charge on any atom is 0.323 e. The van der Waals surface area contributed by atoms with Gasteiger partial charge in [-0.05, 0) is 18.2 Å². The zero-order valence-corrected chi connectivity index (χ0v) is 7.38. The molecule has 0 aliphatic rings. The molecule has 1 aromatic heterocycles. The van der Waals surface area contributed by atoms with Crippen molar-refractivity contribution in [1.29, 1.82) is 0 Å². The van der Waals surface area contributed by atoms with Crippen LogP contribution in [0.4, 0.5) is 8.78 Å². The third-order valence-electron chi connectivity index (χ3n) is 2.00. The number of carbonyl (C=O) groups excluding carboxylic acids is 1. The van der Waals surface area contributed by atoms with Crippen LogP contribution in [0.2, 0.25) is 0 Å². The molecule has 0 saturated carbocycles. The summed E-state index contributed by atoms with van der Waals surface area (Å²) in [7, 11) is 0. The normalized spacial score (nSPS) is 11.1. The Morgan fingerprint density at radius 1 is 1.20 bits per heavy atom. The molecule has 2 rings (SSSR count). The van der Waals surface area contributed by atoms with Crippen LogP contribution in [0.1, 0.15) is 10.4 Å². The number of aromatic nitrogens is 2. The Kier molecular flexibility index (Phi) is 2.11. The molecule has 2 aromatic rings. The van der Waals surface area contributed by atoms with E-state index in [-0.39, 0.29) is 5.56 Å². The van der Waals surface area contributed by atoms with Crippen LogP contribution in [0.25, 0.3) is 11.0 Å². The first-order valence-electron chi connectivity index (χ1n) is 4.12. The van der Waals surface area contributed by atoms with Crippen LogP contribution in [0.15, 0.2) is 23.0 Å². The molecule has 0 spiro atoms. The van der Waals surface area contributed by atoms with Crippen molar-refractivity contribution in [2.45, 2.75) is 6.43 Å². The van der Waals surface area contributed by atoms with Crippen molar-refractivity contribution in [1.82, 2.24) is 9.97 Å². The number of alkyl halides is 2. The fourth-order valence-corrected chi connectivity index (χ4v) is 1.31. The highest BCUT2D eigenvalue weighted by Crippen LogP contribution is 2.13. The van der Waals surface area contributed by atoms with Gasteiger partial charge >= 0.3 is 12.1 Å². The van der Waals surface area contributed by atoms with E-state index in [1.165, 1.54) is 18.2 Å². The highest BCUT2D eigenvalue weighted by atomic mass is 19.3. The van der Waals surface area contributed by atoms with Crippen LogP contribution in [0.5, 0.6) is 0 Å². The van der Waals surface area contributed by atoms with E-state index in [1.807, 2.05) is 0 Å². The number of fused-ring (bicyclic) bond motifs is 1. The predicted molar refractivity (Wildman–Crippen MR) is 49.3 cm³/mol. The average molecular weight is 212 g/mol. The Bertz CT molecular complexity index is 571. The number of imidazole rings is 1. The van der Waals surface area contributed by atoms with Crippen LogP contribution in [0, 0.1) is 0 Å². The molecular weight excluding hydrogens is 206 g/mol. The summed E-state index contributed by atoms with van der Waals surface area (Å²) >= 11 is 0. The number of nitrogens with one attached hydrogen (secondary N) is 2. The van der Waals surface area contributed by atoms with Crippen LogP contribution in [-0.2, 0) is 0 Å². The largest absolute Gasteiger partial charge is 0.323 e. The summed E-state index contributed by atoms with van der Waals surface area (Å²) in [6.45, 7) is 0. The molecule has 0 unspecified atom stereocenters. The quantitative estimate of drug-likeness (QED) is 0.737. The van der Waals surface area contributed by atoms with Gasteiger partial charge in [-0.1, -0.05) is 0 Å². The van der Waals surface area contributed by atoms with E-state index in [9.17, 15) is 18.4 Å². The second-order valence-corrected chi connectivity index (χ2v) is 3.00. The van der Waals surface area contributed by atoms with Gasteiger partial charge in [-0.25, -0.2) is 13.6 Å². The molecule has 0 radical (unpaired) electrons. The molecule has 0 aliphatic carbocycles. The van der Waals surface area contributed by atoms with Crippen molar-refractivity contribution in [2.24, 2.45) is 0 Å². The number of halogens is 2. The number of Topliss-reactive ketones (excluding diaryl/α,β-unsaturated/α-hetero) is 1. The van der Waals surface area contributed by atoms with E-state index in [4.69, 9.17) is 0 Å². The summed E-state index contributed by atoms with van der Waals surface area (Å²) in [4.78, 5) is 26.6. The molecule has 1 aromatic carbocycles. The fourth-order valence-electron chi connectivity index (χ4n) is 1.31. The standard InChI is InChI=1S/C9H6F2N2O2/c10-8(11)7(14)4-1-2-5-6(3-4)13-9(15)12-5/h1-3,8H,(H2,12,13,15). The van der Waals surface area contributed by atoms with Gasteiger partial charge in [0.1, 0.15) is 0 Å². The van der Waals surface area contributed by atoms with Gasteiger partial charge in [0.25, 0.3) is 0 Å². The number of rotatable bonds is 2. The summed E-state index contributed by atoms with van der Waals surface area (Å²) in [6.07, 6.45) is -3.03. The SMILES string of the molecule is O=C(c1ccc2[nH]c(=O)[nH]c2c1)C(F)F. The Labute approximate surface area is 81.9 Å². The fraction of sp³-hybridized carbons (Fsp3) is 0.111. The number of carbonyl (C=O) groups is 1. The van der Waals surface area contributed by atoms with Crippen LogP contribution in [0.3, 0.4) is 0 Å². The Morgan fingerprint density at radius 2 is 1.87 bits per heavy atom. The minimum absolute atomic E-state index is 0.118. The molecule has 0 aliphatic heterocycles. The summed E-state index contributed by atoms with van der Waals surface area (Å²) in [5.41, 5.74) is 0.261. The summed E-state index contributed by atoms with van der Waals surface area (Å²) < 4.78 is 24.2. The van der Waals surface area contributed by atoms with Crippen molar-refractivity contribution in [3.8, 4) is 0 Å². The van der Waals surface area contributed by atoms with Gasteiger partial charge in [0, 0.05) is 5.56 Å². The number of aromatic amines is 2. The molecule has 4 nitrogen and oxygen atoms in total. The predicted octanol–water partition coefficient (Wildman–Crippen LogP) is 1.30. The monoisotopic (exact) mass is 212 g/mol. The van der Waals surface area contributed by atoms with Gasteiger partial charge in [0.15, 0.2) is 0 Å². The second-order valence-electron chi connectivity index (χ2n) is 3.00. The number of benzene rings is 1. The first kappa shape index (κ1) is 9.57. The molecule has 2 N–H and O–H groups in total. The smallest absolute Gasteiger partial charge is 0.306 e. The Morgan fingerprint density at radius 3 is 2.53 bits per heavy atom. The molecule has 6 heteroatoms. The molecule has 0 bridgehead atoms. The topological polar surface area (TPSA) is 65.7 Å². The Hall–Kier alpha value is -1.98. The first-order valence-corrected chi connectivity index (χ1v) is 4.12. The van der Waals surface area contributed by atoms with Crippen molar-refractivity contribution in [3.05, 3.63) is 34.2 Å². The van der Waals surface area contributed by atoms with Crippen LogP contribution >= 0.6 is 0 Å². The third kappa shape index (κ3) is 1.65. The molecule has 0 saturated heterocycles. The number of hydrogen-bond donors (Lipinski definition) is 2. The van der Waals surface area contributed by atoms with Gasteiger partial charge in [-0.3, -0.25) is 4.79 Å². The summed E-state index contributed by atoms with van der Waals surface area (Å²) in [5.74, 6) is -1.25. The zero-order valence-electron chi connectivity index (χ0n) is 7.38. The number of hydrogen-bond acceptors (Lipinski definition) is 2. The maximum atomic E-state index is 12.1. The molecule has 78 valence electrons. The second kappa shape index (κ2) is 3.30. The maximum absolute atomic E-state index is 12.1. The van der Waals surface area contributed by atoms with E-state index in [1.54, 1.807) is 0 Å². The van der Waals surface area contributed by atoms with Crippen LogP contribution in [-0.4, -0.2) is 22.2 Å². The van der Waals surface area contributed by atoms with E-state index >= 15 is 0 Å². The average Bonchev–Trinajstić information content (AvgIpc) is 2.55. The highest BCUT2D eigenvalue weighted by molar-refractivity contribution is 6.00. The van der Waals surface area contributed by atoms with Crippen LogP contribution < -0.4 is 5.69 Å².